The molecule has 4 bridgehead atoms. The van der Waals surface area contributed by atoms with E-state index in [0.717, 1.165) is 47.8 Å². The molecular formula is C33H41N7O2. The number of fused-ring (bicyclic) bond motifs is 5. The van der Waals surface area contributed by atoms with E-state index in [2.05, 4.69) is 39.1 Å². The van der Waals surface area contributed by atoms with Crippen LogP contribution in [0.25, 0.3) is 0 Å². The van der Waals surface area contributed by atoms with Crippen LogP contribution in [0.1, 0.15) is 70.6 Å². The molecule has 4 aliphatic heterocycles. The highest BCUT2D eigenvalue weighted by atomic mass is 16.2. The fourth-order valence-corrected chi connectivity index (χ4v) is 9.04. The van der Waals surface area contributed by atoms with Crippen molar-refractivity contribution >= 4 is 29.0 Å². The smallest absolute Gasteiger partial charge is 0.324 e. The maximum Gasteiger partial charge on any atom is 0.324 e. The Balaban J connectivity index is 1.15. The SMILES string of the molecule is C=C1C(N2C=CC(NC(=O)C#N)NC(=O)C2)=Nc2ccccc2N1C1CC2CCCC(C1)N2C1CC2CCCC(C2)C1. The fraction of sp³-hybridized carbons (Fsp3) is 0.576. The van der Waals surface area contributed by atoms with Crippen LogP contribution in [-0.2, 0) is 9.59 Å². The highest BCUT2D eigenvalue weighted by Gasteiger charge is 2.47. The number of amidine groups is 1. The summed E-state index contributed by atoms with van der Waals surface area (Å²) in [6.07, 6.45) is 17.3. The quantitative estimate of drug-likeness (QED) is 0.528. The second-order valence-electron chi connectivity index (χ2n) is 13.2. The van der Waals surface area contributed by atoms with Crippen molar-refractivity contribution in [2.24, 2.45) is 16.8 Å². The highest BCUT2D eigenvalue weighted by molar-refractivity contribution is 6.08. The van der Waals surface area contributed by atoms with Crippen molar-refractivity contribution in [3.8, 4) is 6.07 Å². The van der Waals surface area contributed by atoms with Crippen LogP contribution in [0, 0.1) is 23.2 Å². The van der Waals surface area contributed by atoms with Gasteiger partial charge >= 0.3 is 5.91 Å². The summed E-state index contributed by atoms with van der Waals surface area (Å²) in [6, 6.07) is 12.0. The Morgan fingerprint density at radius 2 is 1.69 bits per heavy atom. The molecule has 42 heavy (non-hydrogen) atoms. The second-order valence-corrected chi connectivity index (χ2v) is 13.2. The van der Waals surface area contributed by atoms with Crippen LogP contribution >= 0.6 is 0 Å². The van der Waals surface area contributed by atoms with Gasteiger partial charge in [-0.25, -0.2) is 4.99 Å². The van der Waals surface area contributed by atoms with Crippen molar-refractivity contribution in [1.29, 1.82) is 5.26 Å². The maximum atomic E-state index is 12.8. The van der Waals surface area contributed by atoms with E-state index in [1.165, 1.54) is 63.9 Å². The number of aliphatic imine (C=N–C) groups is 1. The van der Waals surface area contributed by atoms with Gasteiger partial charge < -0.3 is 20.4 Å². The normalized spacial score (nSPS) is 34.5. The zero-order valence-corrected chi connectivity index (χ0v) is 24.3. The molecule has 6 aliphatic rings. The van der Waals surface area contributed by atoms with Gasteiger partial charge in [0.05, 0.1) is 17.1 Å². The van der Waals surface area contributed by atoms with E-state index in [1.807, 2.05) is 12.1 Å². The molecule has 0 radical (unpaired) electrons. The molecule has 2 saturated carbocycles. The molecule has 7 rings (SSSR count). The van der Waals surface area contributed by atoms with Gasteiger partial charge in [-0.05, 0) is 75.0 Å². The first kappa shape index (κ1) is 27.2. The molecule has 5 atom stereocenters. The van der Waals surface area contributed by atoms with Crippen LogP contribution < -0.4 is 15.5 Å². The number of nitrogens with one attached hydrogen (secondary N) is 2. The van der Waals surface area contributed by atoms with Crippen molar-refractivity contribution in [2.45, 2.75) is 101 Å². The summed E-state index contributed by atoms with van der Waals surface area (Å²) in [4.78, 5) is 36.6. The van der Waals surface area contributed by atoms with Crippen LogP contribution in [0.5, 0.6) is 0 Å². The monoisotopic (exact) mass is 567 g/mol. The van der Waals surface area contributed by atoms with Crippen LogP contribution in [0.15, 0.2) is 53.8 Å². The summed E-state index contributed by atoms with van der Waals surface area (Å²) < 4.78 is 0. The number of nitriles is 1. The molecule has 2 N–H and O–H groups in total. The summed E-state index contributed by atoms with van der Waals surface area (Å²) in [6.45, 7) is 4.60. The number of para-hydroxylation sites is 2. The first-order chi connectivity index (χ1) is 20.5. The Kier molecular flexibility index (Phi) is 7.27. The molecule has 2 aliphatic carbocycles. The van der Waals surface area contributed by atoms with Gasteiger partial charge in [-0.2, -0.15) is 5.26 Å². The Labute approximate surface area is 248 Å². The van der Waals surface area contributed by atoms with Crippen molar-refractivity contribution in [1.82, 2.24) is 20.4 Å². The standard InChI is InChI=1S/C33H41N7O2/c1-21-33(38-13-12-30(36-31(41)19-34)37-32(42)20-38)35-28-10-2-3-11-29(28)39(21)27-17-24-8-5-9-25(18-27)40(24)26-15-22-6-4-7-23(14-22)16-26/h2-3,10-13,22-27,30H,1,4-9,14-18,20H2,(H,36,41)(H,37,42). The Hall–Kier alpha value is -3.64. The molecule has 220 valence electrons. The van der Waals surface area contributed by atoms with Crippen molar-refractivity contribution in [3.63, 3.8) is 0 Å². The minimum absolute atomic E-state index is 0.0387. The fourth-order valence-electron chi connectivity index (χ4n) is 9.04. The summed E-state index contributed by atoms with van der Waals surface area (Å²) in [5.74, 6) is 1.43. The Bertz CT molecular complexity index is 1340. The average Bonchev–Trinajstić information content (AvgIpc) is 3.16. The number of hydrogen-bond donors (Lipinski definition) is 2. The molecule has 4 fully saturated rings. The van der Waals surface area contributed by atoms with Crippen molar-refractivity contribution in [2.75, 3.05) is 11.4 Å². The van der Waals surface area contributed by atoms with Gasteiger partial charge in [0.2, 0.25) is 5.91 Å². The van der Waals surface area contributed by atoms with Crippen LogP contribution in [0.4, 0.5) is 11.4 Å². The predicted octanol–water partition coefficient (Wildman–Crippen LogP) is 4.32. The molecule has 2 amide bonds. The Morgan fingerprint density at radius 1 is 0.976 bits per heavy atom. The Morgan fingerprint density at radius 3 is 2.43 bits per heavy atom. The molecule has 1 aromatic carbocycles. The zero-order valence-electron chi connectivity index (χ0n) is 24.3. The molecular weight excluding hydrogens is 526 g/mol. The number of benzene rings is 1. The molecule has 1 aromatic rings. The lowest BCUT2D eigenvalue weighted by Crippen LogP contribution is -2.61. The molecule has 9 heteroatoms. The third-order valence-corrected chi connectivity index (χ3v) is 10.6. The first-order valence-corrected chi connectivity index (χ1v) is 15.9. The van der Waals surface area contributed by atoms with Gasteiger partial charge in [0, 0.05) is 30.4 Å². The van der Waals surface area contributed by atoms with Gasteiger partial charge in [-0.1, -0.05) is 44.4 Å². The van der Waals surface area contributed by atoms with E-state index < -0.39 is 12.1 Å². The lowest BCUT2D eigenvalue weighted by Gasteiger charge is -2.57. The number of rotatable bonds is 3. The molecule has 2 saturated heterocycles. The van der Waals surface area contributed by atoms with E-state index >= 15 is 0 Å². The number of piperidine rings is 2. The number of anilines is 1. The van der Waals surface area contributed by atoms with E-state index in [9.17, 15) is 9.59 Å². The third-order valence-electron chi connectivity index (χ3n) is 10.6. The molecule has 9 nitrogen and oxygen atoms in total. The van der Waals surface area contributed by atoms with E-state index in [1.54, 1.807) is 17.2 Å². The van der Waals surface area contributed by atoms with Crippen molar-refractivity contribution in [3.05, 3.63) is 48.8 Å². The van der Waals surface area contributed by atoms with Gasteiger partial charge in [-0.3, -0.25) is 14.5 Å². The number of nitrogens with zero attached hydrogens (tertiary/aromatic N) is 5. The van der Waals surface area contributed by atoms with E-state index in [0.29, 0.717) is 24.0 Å². The zero-order chi connectivity index (χ0) is 28.8. The van der Waals surface area contributed by atoms with Gasteiger partial charge in [0.25, 0.3) is 0 Å². The van der Waals surface area contributed by atoms with E-state index in [-0.39, 0.29) is 12.5 Å². The second kappa shape index (κ2) is 11.2. The summed E-state index contributed by atoms with van der Waals surface area (Å²) >= 11 is 0. The average molecular weight is 568 g/mol. The van der Waals surface area contributed by atoms with Crippen molar-refractivity contribution < 1.29 is 9.59 Å². The summed E-state index contributed by atoms with van der Waals surface area (Å²) in [5, 5.41) is 14.1. The first-order valence-electron chi connectivity index (χ1n) is 15.9. The van der Waals surface area contributed by atoms with Gasteiger partial charge in [0.15, 0.2) is 11.9 Å². The number of amides is 2. The summed E-state index contributed by atoms with van der Waals surface area (Å²) in [5.41, 5.74) is 2.76. The lowest BCUT2D eigenvalue weighted by atomic mass is 9.68. The minimum Gasteiger partial charge on any atom is -0.334 e. The third kappa shape index (κ3) is 5.11. The topological polar surface area (TPSA) is 104 Å². The largest absolute Gasteiger partial charge is 0.334 e. The molecule has 5 unspecified atom stereocenters. The van der Waals surface area contributed by atoms with Crippen LogP contribution in [0.2, 0.25) is 0 Å². The minimum atomic E-state index is -0.800. The number of carbonyl (C=O) groups excluding carboxylic acids is 2. The predicted molar refractivity (Wildman–Crippen MR) is 161 cm³/mol. The maximum absolute atomic E-state index is 12.8. The van der Waals surface area contributed by atoms with Gasteiger partial charge in [0.1, 0.15) is 12.7 Å². The number of carbonyl (C=O) groups is 2. The lowest BCUT2D eigenvalue weighted by molar-refractivity contribution is -0.122. The van der Waals surface area contributed by atoms with Gasteiger partial charge in [-0.15, -0.1) is 0 Å². The molecule has 0 spiro atoms. The molecule has 0 aromatic heterocycles. The molecule has 4 heterocycles. The number of hydrogen-bond acceptors (Lipinski definition) is 7. The highest BCUT2D eigenvalue weighted by Crippen LogP contribution is 2.48. The van der Waals surface area contributed by atoms with Crippen LogP contribution in [0.3, 0.4) is 0 Å². The van der Waals surface area contributed by atoms with E-state index in [4.69, 9.17) is 10.3 Å². The van der Waals surface area contributed by atoms with Crippen LogP contribution in [-0.4, -0.2) is 64.3 Å². The summed E-state index contributed by atoms with van der Waals surface area (Å²) in [7, 11) is 0.